The summed E-state index contributed by atoms with van der Waals surface area (Å²) in [6.45, 7) is 7.46. The molecule has 3 saturated carbocycles. The number of fused-ring (bicyclic) bond motifs is 5. The lowest BCUT2D eigenvalue weighted by Crippen LogP contribution is -2.44. The van der Waals surface area contributed by atoms with Crippen LogP contribution in [0.4, 0.5) is 0 Å². The maximum Gasteiger partial charge on any atom is -0.0326 e. The molecule has 7 atom stereocenters. The van der Waals surface area contributed by atoms with Crippen LogP contribution in [0, 0.1) is 41.4 Å². The van der Waals surface area contributed by atoms with Crippen LogP contribution in [0.5, 0.6) is 0 Å². The topological polar surface area (TPSA) is 0 Å². The summed E-state index contributed by atoms with van der Waals surface area (Å²) in [5.41, 5.74) is 0. The number of hydrogen-bond donors (Lipinski definition) is 0. The average Bonchev–Trinajstić information content (AvgIpc) is 2.45. The normalized spacial score (nSPS) is 67.8. The van der Waals surface area contributed by atoms with E-state index in [0.717, 1.165) is 41.4 Å². The second-order valence-electron chi connectivity index (χ2n) is 5.74. The van der Waals surface area contributed by atoms with Gasteiger partial charge in [0, 0.05) is 0 Å². The minimum Gasteiger partial charge on any atom is -0.0622 e. The predicted molar refractivity (Wildman–Crippen MR) is 50.7 cm³/mol. The van der Waals surface area contributed by atoms with E-state index in [4.69, 9.17) is 0 Å². The summed E-state index contributed by atoms with van der Waals surface area (Å²) in [5.74, 6) is 7.73. The molecule has 0 heterocycles. The third kappa shape index (κ3) is 0.625. The average molecular weight is 164 g/mol. The molecule has 3 rings (SSSR count). The Bertz CT molecular complexity index is 206. The Morgan fingerprint density at radius 1 is 0.750 bits per heavy atom. The van der Waals surface area contributed by atoms with E-state index >= 15 is 0 Å². The molecule has 3 aliphatic carbocycles. The number of hydrogen-bond acceptors (Lipinski definition) is 0. The Kier molecular flexibility index (Phi) is 1.28. The van der Waals surface area contributed by atoms with Gasteiger partial charge < -0.3 is 0 Å². The van der Waals surface area contributed by atoms with Crippen molar-refractivity contribution in [1.82, 2.24) is 0 Å². The third-order valence-corrected chi connectivity index (χ3v) is 5.56. The first-order chi connectivity index (χ1) is 5.70. The maximum atomic E-state index is 2.50. The molecule has 3 fully saturated rings. The van der Waals surface area contributed by atoms with Crippen molar-refractivity contribution in [2.75, 3.05) is 0 Å². The SMILES string of the molecule is CC1CC2C3CC(C(C)C3C)C12. The molecule has 0 N–H and O–H groups in total. The highest BCUT2D eigenvalue weighted by atomic mass is 14.6. The smallest absolute Gasteiger partial charge is 0.0326 e. The van der Waals surface area contributed by atoms with E-state index in [1.807, 2.05) is 0 Å². The first-order valence-corrected chi connectivity index (χ1v) is 5.70. The van der Waals surface area contributed by atoms with Crippen LogP contribution < -0.4 is 0 Å². The fraction of sp³-hybridized carbons (Fsp3) is 1.00. The van der Waals surface area contributed by atoms with Gasteiger partial charge in [-0.05, 0) is 54.3 Å². The van der Waals surface area contributed by atoms with Crippen molar-refractivity contribution in [3.63, 3.8) is 0 Å². The molecule has 0 aromatic heterocycles. The maximum absolute atomic E-state index is 2.50. The van der Waals surface area contributed by atoms with E-state index in [-0.39, 0.29) is 0 Å². The molecule has 0 heteroatoms. The zero-order valence-electron chi connectivity index (χ0n) is 8.46. The summed E-state index contributed by atoms with van der Waals surface area (Å²) in [5, 5.41) is 0. The van der Waals surface area contributed by atoms with E-state index in [2.05, 4.69) is 20.8 Å². The van der Waals surface area contributed by atoms with Gasteiger partial charge in [0.15, 0.2) is 0 Å². The van der Waals surface area contributed by atoms with Gasteiger partial charge in [-0.15, -0.1) is 0 Å². The second kappa shape index (κ2) is 2.08. The van der Waals surface area contributed by atoms with Crippen molar-refractivity contribution in [3.05, 3.63) is 0 Å². The van der Waals surface area contributed by atoms with Crippen LogP contribution >= 0.6 is 0 Å². The van der Waals surface area contributed by atoms with Gasteiger partial charge in [-0.25, -0.2) is 0 Å². The zero-order chi connectivity index (χ0) is 8.46. The molecular formula is C12H20. The predicted octanol–water partition coefficient (Wildman–Crippen LogP) is 3.18. The van der Waals surface area contributed by atoms with Crippen LogP contribution in [-0.2, 0) is 0 Å². The minimum atomic E-state index is 1.04. The Balaban J connectivity index is 1.89. The quantitative estimate of drug-likeness (QED) is 0.516. The number of rotatable bonds is 0. The lowest BCUT2D eigenvalue weighted by atomic mass is 9.55. The zero-order valence-corrected chi connectivity index (χ0v) is 8.46. The summed E-state index contributed by atoms with van der Waals surface area (Å²) in [7, 11) is 0. The summed E-state index contributed by atoms with van der Waals surface area (Å²) in [6, 6.07) is 0. The van der Waals surface area contributed by atoms with Crippen LogP contribution in [0.25, 0.3) is 0 Å². The van der Waals surface area contributed by atoms with Crippen LogP contribution in [-0.4, -0.2) is 0 Å². The van der Waals surface area contributed by atoms with Gasteiger partial charge in [0.25, 0.3) is 0 Å². The van der Waals surface area contributed by atoms with Gasteiger partial charge in [0.1, 0.15) is 0 Å². The van der Waals surface area contributed by atoms with Gasteiger partial charge >= 0.3 is 0 Å². The van der Waals surface area contributed by atoms with Gasteiger partial charge in [0.2, 0.25) is 0 Å². The van der Waals surface area contributed by atoms with Gasteiger partial charge in [0.05, 0.1) is 0 Å². The monoisotopic (exact) mass is 164 g/mol. The molecule has 0 aliphatic heterocycles. The van der Waals surface area contributed by atoms with E-state index in [1.165, 1.54) is 0 Å². The third-order valence-electron chi connectivity index (χ3n) is 5.56. The molecule has 3 aliphatic rings. The molecule has 0 nitrogen and oxygen atoms in total. The lowest BCUT2D eigenvalue weighted by Gasteiger charge is -2.50. The summed E-state index contributed by atoms with van der Waals surface area (Å²) in [4.78, 5) is 0. The minimum absolute atomic E-state index is 1.04. The molecule has 68 valence electrons. The summed E-state index contributed by atoms with van der Waals surface area (Å²) < 4.78 is 0. The van der Waals surface area contributed by atoms with Gasteiger partial charge in [-0.1, -0.05) is 20.8 Å². The fourth-order valence-electron chi connectivity index (χ4n) is 4.77. The van der Waals surface area contributed by atoms with Crippen LogP contribution in [0.2, 0.25) is 0 Å². The van der Waals surface area contributed by atoms with Crippen LogP contribution in [0.15, 0.2) is 0 Å². The molecular weight excluding hydrogens is 144 g/mol. The van der Waals surface area contributed by atoms with Gasteiger partial charge in [-0.3, -0.25) is 0 Å². The molecule has 0 spiro atoms. The molecule has 0 aromatic rings. The molecule has 2 bridgehead atoms. The van der Waals surface area contributed by atoms with Crippen LogP contribution in [0.3, 0.4) is 0 Å². The Hall–Kier alpha value is 0. The Labute approximate surface area is 75.7 Å². The van der Waals surface area contributed by atoms with Crippen molar-refractivity contribution < 1.29 is 0 Å². The van der Waals surface area contributed by atoms with Crippen LogP contribution in [0.1, 0.15) is 33.6 Å². The highest BCUT2D eigenvalue weighted by Gasteiger charge is 2.60. The van der Waals surface area contributed by atoms with E-state index in [1.54, 1.807) is 12.8 Å². The van der Waals surface area contributed by atoms with Crippen molar-refractivity contribution in [3.8, 4) is 0 Å². The highest BCUT2D eigenvalue weighted by Crippen LogP contribution is 2.67. The highest BCUT2D eigenvalue weighted by molar-refractivity contribution is 5.08. The molecule has 0 radical (unpaired) electrons. The van der Waals surface area contributed by atoms with Crippen molar-refractivity contribution in [2.24, 2.45) is 41.4 Å². The summed E-state index contributed by atoms with van der Waals surface area (Å²) >= 11 is 0. The first-order valence-electron chi connectivity index (χ1n) is 5.70. The second-order valence-corrected chi connectivity index (χ2v) is 5.74. The van der Waals surface area contributed by atoms with Crippen molar-refractivity contribution in [2.45, 2.75) is 33.6 Å². The van der Waals surface area contributed by atoms with E-state index in [0.29, 0.717) is 0 Å². The van der Waals surface area contributed by atoms with Crippen molar-refractivity contribution >= 4 is 0 Å². The van der Waals surface area contributed by atoms with Gasteiger partial charge in [-0.2, -0.15) is 0 Å². The molecule has 0 saturated heterocycles. The lowest BCUT2D eigenvalue weighted by molar-refractivity contribution is -0.0175. The largest absolute Gasteiger partial charge is 0.0622 e. The molecule has 7 unspecified atom stereocenters. The molecule has 0 aromatic carbocycles. The summed E-state index contributed by atoms with van der Waals surface area (Å²) in [6.07, 6.45) is 3.14. The van der Waals surface area contributed by atoms with E-state index in [9.17, 15) is 0 Å². The van der Waals surface area contributed by atoms with Crippen molar-refractivity contribution in [1.29, 1.82) is 0 Å². The molecule has 0 amide bonds. The fourth-order valence-corrected chi connectivity index (χ4v) is 4.77. The van der Waals surface area contributed by atoms with E-state index < -0.39 is 0 Å². The first kappa shape index (κ1) is 7.41. The Morgan fingerprint density at radius 3 is 2.08 bits per heavy atom. The Morgan fingerprint density at radius 2 is 1.42 bits per heavy atom. The standard InChI is InChI=1S/C12H20/c1-6-4-11-9-5-10(12(6)11)8(3)7(9)2/h6-12H,4-5H2,1-3H3. The molecule has 12 heavy (non-hydrogen) atoms.